The van der Waals surface area contributed by atoms with Gasteiger partial charge in [-0.15, -0.1) is 0 Å². The maximum atomic E-state index is 5.75. The molecule has 0 aliphatic rings. The van der Waals surface area contributed by atoms with Crippen LogP contribution in [0.15, 0.2) is 6.07 Å². The lowest BCUT2D eigenvalue weighted by atomic mass is 10.00. The quantitative estimate of drug-likeness (QED) is 0.610. The van der Waals surface area contributed by atoms with Crippen LogP contribution in [0.2, 0.25) is 0 Å². The minimum atomic E-state index is 0.701. The van der Waals surface area contributed by atoms with Gasteiger partial charge in [0.1, 0.15) is 5.75 Å². The molecule has 1 aromatic rings. The molecule has 0 N–H and O–H groups in total. The molecular weight excluding hydrogens is 400 g/mol. The molecule has 0 aliphatic carbocycles. The standard InChI is InChI=1S/C12H15Br3O/c1-3-16-12-10(6-14)4-9(5-13)8(2)11(12)7-15/h4H,3,5-7H2,1-2H3. The first-order valence-electron chi connectivity index (χ1n) is 5.14. The predicted molar refractivity (Wildman–Crippen MR) is 80.2 cm³/mol. The maximum absolute atomic E-state index is 5.75. The molecule has 4 heteroatoms. The average Bonchev–Trinajstić information content (AvgIpc) is 2.30. The summed E-state index contributed by atoms with van der Waals surface area (Å²) in [7, 11) is 0. The highest BCUT2D eigenvalue weighted by Gasteiger charge is 2.14. The zero-order valence-electron chi connectivity index (χ0n) is 9.45. The highest BCUT2D eigenvalue weighted by atomic mass is 79.9. The molecule has 0 bridgehead atoms. The van der Waals surface area contributed by atoms with Crippen LogP contribution in [0.5, 0.6) is 5.75 Å². The molecule has 0 aromatic heterocycles. The van der Waals surface area contributed by atoms with Crippen LogP contribution in [0.4, 0.5) is 0 Å². The third-order valence-corrected chi connectivity index (χ3v) is 4.33. The van der Waals surface area contributed by atoms with Crippen LogP contribution in [0.1, 0.15) is 29.2 Å². The van der Waals surface area contributed by atoms with Gasteiger partial charge in [-0.2, -0.15) is 0 Å². The van der Waals surface area contributed by atoms with Crippen LogP contribution >= 0.6 is 47.8 Å². The molecule has 0 fully saturated rings. The average molecular weight is 415 g/mol. The fourth-order valence-electron chi connectivity index (χ4n) is 1.67. The summed E-state index contributed by atoms with van der Waals surface area (Å²) in [4.78, 5) is 0. The first-order chi connectivity index (χ1) is 7.69. The molecule has 0 heterocycles. The maximum Gasteiger partial charge on any atom is 0.127 e. The summed E-state index contributed by atoms with van der Waals surface area (Å²) in [5, 5.41) is 2.53. The highest BCUT2D eigenvalue weighted by Crippen LogP contribution is 2.34. The molecule has 1 nitrogen and oxygen atoms in total. The van der Waals surface area contributed by atoms with Gasteiger partial charge in [0.25, 0.3) is 0 Å². The third-order valence-electron chi connectivity index (χ3n) is 2.56. The van der Waals surface area contributed by atoms with E-state index in [2.05, 4.69) is 60.8 Å². The van der Waals surface area contributed by atoms with E-state index in [-0.39, 0.29) is 0 Å². The second kappa shape index (κ2) is 7.02. The van der Waals surface area contributed by atoms with Crippen LogP contribution in [-0.2, 0) is 16.0 Å². The molecule has 90 valence electrons. The first kappa shape index (κ1) is 14.5. The van der Waals surface area contributed by atoms with E-state index in [0.717, 1.165) is 21.7 Å². The lowest BCUT2D eigenvalue weighted by Crippen LogP contribution is -2.03. The Hall–Kier alpha value is 0.460. The molecule has 0 atom stereocenters. The molecule has 0 radical (unpaired) electrons. The van der Waals surface area contributed by atoms with Gasteiger partial charge in [0, 0.05) is 27.1 Å². The Bertz CT molecular complexity index is 364. The highest BCUT2D eigenvalue weighted by molar-refractivity contribution is 9.09. The molecule has 0 saturated heterocycles. The molecular formula is C12H15Br3O. The van der Waals surface area contributed by atoms with Gasteiger partial charge >= 0.3 is 0 Å². The topological polar surface area (TPSA) is 9.23 Å². The van der Waals surface area contributed by atoms with Gasteiger partial charge in [-0.05, 0) is 25.0 Å². The van der Waals surface area contributed by atoms with Gasteiger partial charge in [0.2, 0.25) is 0 Å². The van der Waals surface area contributed by atoms with E-state index >= 15 is 0 Å². The van der Waals surface area contributed by atoms with Crippen molar-refractivity contribution < 1.29 is 4.74 Å². The Labute approximate surface area is 122 Å². The number of hydrogen-bond donors (Lipinski definition) is 0. The van der Waals surface area contributed by atoms with Crippen molar-refractivity contribution in [3.8, 4) is 5.75 Å². The van der Waals surface area contributed by atoms with Crippen molar-refractivity contribution in [2.45, 2.75) is 29.8 Å². The molecule has 1 rings (SSSR count). The minimum absolute atomic E-state index is 0.701. The molecule has 16 heavy (non-hydrogen) atoms. The van der Waals surface area contributed by atoms with Gasteiger partial charge in [0.15, 0.2) is 0 Å². The van der Waals surface area contributed by atoms with Crippen LogP contribution in [-0.4, -0.2) is 6.61 Å². The van der Waals surface area contributed by atoms with Gasteiger partial charge in [-0.1, -0.05) is 53.9 Å². The molecule has 0 amide bonds. The molecule has 0 unspecified atom stereocenters. The molecule has 0 aliphatic heterocycles. The molecule has 0 spiro atoms. The van der Waals surface area contributed by atoms with E-state index in [0.29, 0.717) is 6.61 Å². The fourth-order valence-corrected chi connectivity index (χ4v) is 3.34. The fraction of sp³-hybridized carbons (Fsp3) is 0.500. The zero-order chi connectivity index (χ0) is 12.1. The minimum Gasteiger partial charge on any atom is -0.493 e. The summed E-state index contributed by atoms with van der Waals surface area (Å²) in [6, 6.07) is 2.20. The third kappa shape index (κ3) is 3.02. The van der Waals surface area contributed by atoms with Crippen molar-refractivity contribution in [3.63, 3.8) is 0 Å². The Morgan fingerprint density at radius 1 is 1.06 bits per heavy atom. The van der Waals surface area contributed by atoms with E-state index in [4.69, 9.17) is 4.74 Å². The summed E-state index contributed by atoms with van der Waals surface area (Å²) in [6.07, 6.45) is 0. The zero-order valence-corrected chi connectivity index (χ0v) is 14.2. The molecule has 0 saturated carbocycles. The summed E-state index contributed by atoms with van der Waals surface area (Å²) >= 11 is 10.6. The van der Waals surface area contributed by atoms with Crippen LogP contribution in [0.3, 0.4) is 0 Å². The Morgan fingerprint density at radius 3 is 2.12 bits per heavy atom. The lowest BCUT2D eigenvalue weighted by molar-refractivity contribution is 0.335. The van der Waals surface area contributed by atoms with E-state index in [1.54, 1.807) is 0 Å². The summed E-state index contributed by atoms with van der Waals surface area (Å²) < 4.78 is 5.75. The monoisotopic (exact) mass is 412 g/mol. The van der Waals surface area contributed by atoms with Crippen LogP contribution < -0.4 is 4.74 Å². The van der Waals surface area contributed by atoms with Crippen molar-refractivity contribution in [3.05, 3.63) is 28.3 Å². The smallest absolute Gasteiger partial charge is 0.127 e. The Morgan fingerprint density at radius 2 is 1.69 bits per heavy atom. The molecule has 1 aromatic carbocycles. The van der Waals surface area contributed by atoms with Gasteiger partial charge in [0.05, 0.1) is 6.61 Å². The predicted octanol–water partition coefficient (Wildman–Crippen LogP) is 5.08. The van der Waals surface area contributed by atoms with Crippen molar-refractivity contribution in [2.24, 2.45) is 0 Å². The van der Waals surface area contributed by atoms with Gasteiger partial charge in [-0.25, -0.2) is 0 Å². The van der Waals surface area contributed by atoms with E-state index < -0.39 is 0 Å². The number of rotatable bonds is 5. The second-order valence-electron chi connectivity index (χ2n) is 3.46. The van der Waals surface area contributed by atoms with Crippen LogP contribution in [0, 0.1) is 6.92 Å². The number of ether oxygens (including phenoxy) is 1. The van der Waals surface area contributed by atoms with E-state index in [1.807, 2.05) is 6.92 Å². The summed E-state index contributed by atoms with van der Waals surface area (Å²) in [5.74, 6) is 1.03. The largest absolute Gasteiger partial charge is 0.493 e. The van der Waals surface area contributed by atoms with E-state index in [9.17, 15) is 0 Å². The summed E-state index contributed by atoms with van der Waals surface area (Å²) in [6.45, 7) is 4.87. The number of hydrogen-bond acceptors (Lipinski definition) is 1. The SMILES string of the molecule is CCOc1c(CBr)cc(CBr)c(C)c1CBr. The Balaban J connectivity index is 3.37. The number of benzene rings is 1. The van der Waals surface area contributed by atoms with Crippen molar-refractivity contribution >= 4 is 47.8 Å². The van der Waals surface area contributed by atoms with Gasteiger partial charge < -0.3 is 4.74 Å². The number of alkyl halides is 3. The Kier molecular flexibility index (Phi) is 6.37. The second-order valence-corrected chi connectivity index (χ2v) is 5.14. The van der Waals surface area contributed by atoms with Crippen molar-refractivity contribution in [2.75, 3.05) is 6.61 Å². The van der Waals surface area contributed by atoms with E-state index in [1.165, 1.54) is 22.3 Å². The van der Waals surface area contributed by atoms with Crippen LogP contribution in [0.25, 0.3) is 0 Å². The van der Waals surface area contributed by atoms with Gasteiger partial charge in [-0.3, -0.25) is 0 Å². The summed E-state index contributed by atoms with van der Waals surface area (Å²) in [5.41, 5.74) is 5.11. The van der Waals surface area contributed by atoms with Crippen molar-refractivity contribution in [1.29, 1.82) is 0 Å². The van der Waals surface area contributed by atoms with Crippen molar-refractivity contribution in [1.82, 2.24) is 0 Å². The normalized spacial score (nSPS) is 10.6. The first-order valence-corrected chi connectivity index (χ1v) is 8.50. The number of halogens is 3. The lowest BCUT2D eigenvalue weighted by Gasteiger charge is -2.17.